The number of methoxy groups -OCH3 is 1. The van der Waals surface area contributed by atoms with Crippen LogP contribution >= 0.6 is 23.1 Å². The predicted molar refractivity (Wildman–Crippen MR) is 134 cm³/mol. The van der Waals surface area contributed by atoms with E-state index < -0.39 is 5.25 Å². The summed E-state index contributed by atoms with van der Waals surface area (Å²) in [7, 11) is 1.57. The monoisotopic (exact) mass is 487 g/mol. The summed E-state index contributed by atoms with van der Waals surface area (Å²) in [6, 6.07) is 7.29. The van der Waals surface area contributed by atoms with Crippen molar-refractivity contribution in [3.8, 4) is 5.75 Å². The Morgan fingerprint density at radius 1 is 1.42 bits per heavy atom. The van der Waals surface area contributed by atoms with E-state index in [-0.39, 0.29) is 17.6 Å². The van der Waals surface area contributed by atoms with Crippen LogP contribution in [0.4, 0.5) is 5.69 Å². The van der Waals surface area contributed by atoms with Gasteiger partial charge in [-0.15, -0.1) is 11.3 Å². The van der Waals surface area contributed by atoms with Crippen LogP contribution in [0.3, 0.4) is 0 Å². The number of thiophene rings is 1. The fraction of sp³-hybridized carbons (Fsp3) is 0.458. The van der Waals surface area contributed by atoms with Gasteiger partial charge >= 0.3 is 0 Å². The molecular weight excluding hydrogens is 458 g/mol. The number of aryl methyl sites for hydroxylation is 2. The maximum absolute atomic E-state index is 13.6. The van der Waals surface area contributed by atoms with Gasteiger partial charge in [-0.2, -0.15) is 0 Å². The molecule has 2 unspecified atom stereocenters. The summed E-state index contributed by atoms with van der Waals surface area (Å²) in [5.74, 6) is 0.415. The van der Waals surface area contributed by atoms with Crippen molar-refractivity contribution in [3.05, 3.63) is 45.1 Å². The summed E-state index contributed by atoms with van der Waals surface area (Å²) in [6.07, 6.45) is 2.69. The van der Waals surface area contributed by atoms with Crippen molar-refractivity contribution in [3.63, 3.8) is 0 Å². The third-order valence-electron chi connectivity index (χ3n) is 5.86. The molecular formula is C24H29N3O4S2. The van der Waals surface area contributed by atoms with Crippen LogP contribution in [0.15, 0.2) is 34.2 Å². The number of carbonyl (C=O) groups is 1. The maximum atomic E-state index is 13.6. The minimum Gasteiger partial charge on any atom is -0.495 e. The van der Waals surface area contributed by atoms with Gasteiger partial charge < -0.3 is 14.8 Å². The average molecular weight is 488 g/mol. The summed E-state index contributed by atoms with van der Waals surface area (Å²) in [6.45, 7) is 7.08. The lowest BCUT2D eigenvalue weighted by molar-refractivity contribution is -0.115. The van der Waals surface area contributed by atoms with Crippen molar-refractivity contribution in [2.75, 3.05) is 19.0 Å². The molecule has 33 heavy (non-hydrogen) atoms. The van der Waals surface area contributed by atoms with Gasteiger partial charge in [0, 0.05) is 11.5 Å². The molecule has 1 aliphatic rings. The Morgan fingerprint density at radius 2 is 2.21 bits per heavy atom. The fourth-order valence-electron chi connectivity index (χ4n) is 4.09. The quantitative estimate of drug-likeness (QED) is 0.368. The largest absolute Gasteiger partial charge is 0.495 e. The first-order valence-electron chi connectivity index (χ1n) is 11.2. The highest BCUT2D eigenvalue weighted by Gasteiger charge is 2.25. The standard InChI is InChI=1S/C24H29N3O4S2/c1-5-17-14(2)32-22-20(17)23(29)27(13-16-9-8-12-31-16)24(26-22)33-15(3)21(28)25-18-10-6-7-11-19(18)30-4/h6-7,10-11,15-16H,5,8-9,12-13H2,1-4H3,(H,25,28). The van der Waals surface area contributed by atoms with Crippen molar-refractivity contribution >= 4 is 44.9 Å². The van der Waals surface area contributed by atoms with Crippen molar-refractivity contribution in [2.45, 2.75) is 63.1 Å². The summed E-state index contributed by atoms with van der Waals surface area (Å²) in [4.78, 5) is 33.3. The number of hydrogen-bond donors (Lipinski definition) is 1. The summed E-state index contributed by atoms with van der Waals surface area (Å²) < 4.78 is 12.9. The normalized spacial score (nSPS) is 16.8. The molecule has 3 aromatic rings. The van der Waals surface area contributed by atoms with Gasteiger partial charge in [-0.1, -0.05) is 30.8 Å². The Labute approximate surface area is 201 Å². The van der Waals surface area contributed by atoms with E-state index in [2.05, 4.69) is 12.2 Å². The number of ether oxygens (including phenoxy) is 2. The zero-order valence-electron chi connectivity index (χ0n) is 19.3. The lowest BCUT2D eigenvalue weighted by Gasteiger charge is -2.18. The number of benzene rings is 1. The summed E-state index contributed by atoms with van der Waals surface area (Å²) in [5.41, 5.74) is 1.63. The van der Waals surface area contributed by atoms with Crippen molar-refractivity contribution in [2.24, 2.45) is 0 Å². The fourth-order valence-corrected chi connectivity index (χ4v) is 6.17. The van der Waals surface area contributed by atoms with Gasteiger partial charge in [0.25, 0.3) is 5.56 Å². The molecule has 1 aromatic carbocycles. The van der Waals surface area contributed by atoms with E-state index in [4.69, 9.17) is 14.5 Å². The SMILES string of the molecule is CCc1c(C)sc2nc(SC(C)C(=O)Nc3ccccc3OC)n(CC3CCCO3)c(=O)c12. The van der Waals surface area contributed by atoms with E-state index in [1.807, 2.05) is 26.0 Å². The zero-order valence-corrected chi connectivity index (χ0v) is 21.0. The summed E-state index contributed by atoms with van der Waals surface area (Å²) in [5, 5.41) is 3.71. The van der Waals surface area contributed by atoms with E-state index in [0.717, 1.165) is 34.5 Å². The number of amides is 1. The molecule has 2 aromatic heterocycles. The third-order valence-corrected chi connectivity index (χ3v) is 7.99. The van der Waals surface area contributed by atoms with Crippen LogP contribution < -0.4 is 15.6 Å². The minimum atomic E-state index is -0.471. The van der Waals surface area contributed by atoms with E-state index in [1.54, 1.807) is 35.1 Å². The number of aromatic nitrogens is 2. The molecule has 0 bridgehead atoms. The van der Waals surface area contributed by atoms with E-state index in [0.29, 0.717) is 35.1 Å². The van der Waals surface area contributed by atoms with Gasteiger partial charge in [0.1, 0.15) is 10.6 Å². The van der Waals surface area contributed by atoms with Crippen molar-refractivity contribution in [1.29, 1.82) is 0 Å². The first kappa shape index (κ1) is 23.8. The Hall–Kier alpha value is -2.36. The topological polar surface area (TPSA) is 82.4 Å². The lowest BCUT2D eigenvalue weighted by Crippen LogP contribution is -2.30. The molecule has 0 spiro atoms. The van der Waals surface area contributed by atoms with Crippen molar-refractivity contribution in [1.82, 2.24) is 9.55 Å². The molecule has 1 fully saturated rings. The molecule has 1 saturated heterocycles. The van der Waals surface area contributed by atoms with Crippen LogP contribution in [-0.2, 0) is 22.5 Å². The number of nitrogens with one attached hydrogen (secondary N) is 1. The molecule has 0 aliphatic carbocycles. The molecule has 1 aliphatic heterocycles. The van der Waals surface area contributed by atoms with E-state index >= 15 is 0 Å². The molecule has 2 atom stereocenters. The maximum Gasteiger partial charge on any atom is 0.263 e. The molecule has 176 valence electrons. The van der Waals surface area contributed by atoms with Crippen LogP contribution in [0.1, 0.15) is 37.1 Å². The zero-order chi connectivity index (χ0) is 23.5. The number of carbonyl (C=O) groups excluding carboxylic acids is 1. The molecule has 0 saturated carbocycles. The molecule has 9 heteroatoms. The predicted octanol–water partition coefficient (Wildman–Crippen LogP) is 4.64. The van der Waals surface area contributed by atoms with Gasteiger partial charge in [0.15, 0.2) is 5.16 Å². The first-order chi connectivity index (χ1) is 15.9. The van der Waals surface area contributed by atoms with Gasteiger partial charge in [-0.05, 0) is 50.8 Å². The number of rotatable bonds is 8. The Morgan fingerprint density at radius 3 is 2.91 bits per heavy atom. The second kappa shape index (κ2) is 10.3. The lowest BCUT2D eigenvalue weighted by atomic mass is 10.1. The molecule has 1 N–H and O–H groups in total. The average Bonchev–Trinajstić information content (AvgIpc) is 3.43. The number of fused-ring (bicyclic) bond motifs is 1. The Kier molecular flexibility index (Phi) is 7.41. The second-order valence-corrected chi connectivity index (χ2v) is 10.6. The van der Waals surface area contributed by atoms with Crippen LogP contribution in [-0.4, -0.2) is 40.5 Å². The van der Waals surface area contributed by atoms with Gasteiger partial charge in [-0.3, -0.25) is 14.2 Å². The molecule has 7 nitrogen and oxygen atoms in total. The van der Waals surface area contributed by atoms with E-state index in [1.165, 1.54) is 11.8 Å². The molecule has 4 rings (SSSR count). The van der Waals surface area contributed by atoms with E-state index in [9.17, 15) is 9.59 Å². The van der Waals surface area contributed by atoms with Crippen LogP contribution in [0, 0.1) is 6.92 Å². The van der Waals surface area contributed by atoms with Crippen LogP contribution in [0.25, 0.3) is 10.2 Å². The number of nitrogens with zero attached hydrogens (tertiary/aromatic N) is 2. The first-order valence-corrected chi connectivity index (χ1v) is 12.9. The minimum absolute atomic E-state index is 0.0104. The highest BCUT2D eigenvalue weighted by Crippen LogP contribution is 2.32. The smallest absolute Gasteiger partial charge is 0.263 e. The van der Waals surface area contributed by atoms with Gasteiger partial charge in [0.05, 0.1) is 36.1 Å². The highest BCUT2D eigenvalue weighted by molar-refractivity contribution is 8.00. The molecule has 0 radical (unpaired) electrons. The van der Waals surface area contributed by atoms with Crippen LogP contribution in [0.2, 0.25) is 0 Å². The number of thioether (sulfide) groups is 1. The molecule has 3 heterocycles. The van der Waals surface area contributed by atoms with Crippen molar-refractivity contribution < 1.29 is 14.3 Å². The number of hydrogen-bond acceptors (Lipinski definition) is 7. The van der Waals surface area contributed by atoms with Crippen LogP contribution in [0.5, 0.6) is 5.75 Å². The van der Waals surface area contributed by atoms with Gasteiger partial charge in [0.2, 0.25) is 5.91 Å². The number of para-hydroxylation sites is 2. The highest BCUT2D eigenvalue weighted by atomic mass is 32.2. The third kappa shape index (κ3) is 4.95. The second-order valence-electron chi connectivity index (χ2n) is 8.07. The van der Waals surface area contributed by atoms with Gasteiger partial charge in [-0.25, -0.2) is 4.98 Å². The Balaban J connectivity index is 1.66. The molecule has 1 amide bonds. The Bertz CT molecular complexity index is 1210. The number of anilines is 1. The summed E-state index contributed by atoms with van der Waals surface area (Å²) >= 11 is 2.84.